The summed E-state index contributed by atoms with van der Waals surface area (Å²) in [6, 6.07) is 2.42. The third-order valence-corrected chi connectivity index (χ3v) is 5.57. The van der Waals surface area contributed by atoms with Crippen molar-refractivity contribution < 1.29 is 4.79 Å². The molecule has 0 bridgehead atoms. The molecule has 0 atom stereocenters. The van der Waals surface area contributed by atoms with E-state index in [1.165, 1.54) is 37.8 Å². The maximum absolute atomic E-state index is 12.6. The summed E-state index contributed by atoms with van der Waals surface area (Å²) in [5.74, 6) is 0.619. The molecule has 6 nitrogen and oxygen atoms in total. The molecule has 1 aliphatic heterocycles. The highest BCUT2D eigenvalue weighted by Crippen LogP contribution is 2.26. The van der Waals surface area contributed by atoms with Gasteiger partial charge in [-0.1, -0.05) is 19.3 Å². The van der Waals surface area contributed by atoms with Gasteiger partial charge in [-0.15, -0.1) is 0 Å². The molecule has 1 saturated heterocycles. The number of hydrogen-bond acceptors (Lipinski definition) is 5. The van der Waals surface area contributed by atoms with Crippen LogP contribution in [0.2, 0.25) is 0 Å². The molecule has 0 aromatic carbocycles. The van der Waals surface area contributed by atoms with Gasteiger partial charge in [-0.3, -0.25) is 15.2 Å². The van der Waals surface area contributed by atoms with E-state index in [4.69, 9.17) is 15.4 Å². The predicted octanol–water partition coefficient (Wildman–Crippen LogP) is 3.80. The second-order valence-electron chi connectivity index (χ2n) is 7.82. The zero-order valence-corrected chi connectivity index (χ0v) is 16.8. The van der Waals surface area contributed by atoms with Gasteiger partial charge >= 0.3 is 0 Å². The van der Waals surface area contributed by atoms with Gasteiger partial charge in [0.2, 0.25) is 0 Å². The summed E-state index contributed by atoms with van der Waals surface area (Å²) in [6.07, 6.45) is 8.33. The lowest BCUT2D eigenvalue weighted by molar-refractivity contribution is 0.0976. The van der Waals surface area contributed by atoms with Crippen molar-refractivity contribution in [2.24, 2.45) is 4.99 Å². The fourth-order valence-electron chi connectivity index (χ4n) is 3.91. The fourth-order valence-corrected chi connectivity index (χ4v) is 3.91. The first kappa shape index (κ1) is 19.5. The summed E-state index contributed by atoms with van der Waals surface area (Å²) in [7, 11) is 0. The number of nitrogens with one attached hydrogen (secondary N) is 2. The van der Waals surface area contributed by atoms with Crippen LogP contribution < -0.4 is 10.2 Å². The number of rotatable bonds is 3. The number of hydrogen-bond donors (Lipinski definition) is 2. The lowest BCUT2D eigenvalue weighted by atomic mass is 9.95. The van der Waals surface area contributed by atoms with Gasteiger partial charge in [-0.2, -0.15) is 0 Å². The summed E-state index contributed by atoms with van der Waals surface area (Å²) in [6.45, 7) is 7.18. The zero-order valence-electron chi connectivity index (χ0n) is 16.8. The molecular formula is C21H31N5O. The highest BCUT2D eigenvalue weighted by atomic mass is 16.1. The number of aliphatic imine (C=N–C) groups is 1. The monoisotopic (exact) mass is 369 g/mol. The van der Waals surface area contributed by atoms with Crippen molar-refractivity contribution in [2.45, 2.75) is 71.8 Å². The lowest BCUT2D eigenvalue weighted by Crippen LogP contribution is -2.37. The molecule has 2 heterocycles. The molecule has 1 aliphatic carbocycles. The summed E-state index contributed by atoms with van der Waals surface area (Å²) < 4.78 is 0. The standard InChI is InChI=1S/C21H31N5O/c1-14-13-19(21(27)24-16(3)22)20(23-15(14)2)26-11-9-18(10-12-26)25-17-7-5-4-6-8-17/h13,17H,4-12H2,1-3H3,(H2,22,24,27). The van der Waals surface area contributed by atoms with Gasteiger partial charge in [-0.25, -0.2) is 4.98 Å². The van der Waals surface area contributed by atoms with E-state index in [1.807, 2.05) is 19.9 Å². The Bertz CT molecular complexity index is 739. The minimum atomic E-state index is -0.255. The Hall–Kier alpha value is -2.24. The summed E-state index contributed by atoms with van der Waals surface area (Å²) in [4.78, 5) is 24.5. The average Bonchev–Trinajstić information content (AvgIpc) is 2.64. The van der Waals surface area contributed by atoms with Crippen molar-refractivity contribution in [1.82, 2.24) is 10.3 Å². The van der Waals surface area contributed by atoms with Crippen LogP contribution in [0.15, 0.2) is 11.1 Å². The molecule has 0 radical (unpaired) electrons. The van der Waals surface area contributed by atoms with Crippen molar-refractivity contribution in [1.29, 1.82) is 5.41 Å². The van der Waals surface area contributed by atoms with E-state index >= 15 is 0 Å². The third-order valence-electron chi connectivity index (χ3n) is 5.57. The number of carbonyl (C=O) groups is 1. The Labute approximate surface area is 162 Å². The van der Waals surface area contributed by atoms with Gasteiger partial charge in [0.05, 0.1) is 11.4 Å². The molecule has 2 fully saturated rings. The first-order chi connectivity index (χ1) is 12.9. The Morgan fingerprint density at radius 2 is 1.89 bits per heavy atom. The van der Waals surface area contributed by atoms with Crippen LogP contribution in [-0.2, 0) is 0 Å². The van der Waals surface area contributed by atoms with E-state index in [1.54, 1.807) is 6.92 Å². The second-order valence-corrected chi connectivity index (χ2v) is 7.82. The van der Waals surface area contributed by atoms with Gasteiger partial charge in [-0.05, 0) is 45.2 Å². The largest absolute Gasteiger partial charge is 0.355 e. The number of amides is 1. The first-order valence-corrected chi connectivity index (χ1v) is 10.1. The minimum Gasteiger partial charge on any atom is -0.355 e. The predicted molar refractivity (Wildman–Crippen MR) is 110 cm³/mol. The molecule has 1 aromatic heterocycles. The van der Waals surface area contributed by atoms with E-state index in [-0.39, 0.29) is 11.7 Å². The van der Waals surface area contributed by atoms with Crippen molar-refractivity contribution in [2.75, 3.05) is 18.0 Å². The number of carbonyl (C=O) groups excluding carboxylic acids is 1. The molecule has 0 unspecified atom stereocenters. The number of amidine groups is 1. The average molecular weight is 370 g/mol. The van der Waals surface area contributed by atoms with E-state index < -0.39 is 0 Å². The molecule has 1 saturated carbocycles. The SMILES string of the molecule is CC(=N)NC(=O)c1cc(C)c(C)nc1N1CCC(=NC2CCCCC2)CC1. The van der Waals surface area contributed by atoms with Crippen LogP contribution >= 0.6 is 0 Å². The van der Waals surface area contributed by atoms with Crippen molar-refractivity contribution in [3.63, 3.8) is 0 Å². The van der Waals surface area contributed by atoms with Gasteiger partial charge < -0.3 is 10.2 Å². The maximum atomic E-state index is 12.6. The van der Waals surface area contributed by atoms with E-state index in [0.717, 1.165) is 43.0 Å². The topological polar surface area (TPSA) is 81.4 Å². The van der Waals surface area contributed by atoms with Gasteiger partial charge in [0, 0.05) is 43.4 Å². The summed E-state index contributed by atoms with van der Waals surface area (Å²) in [5, 5.41) is 10.2. The number of aryl methyl sites for hydroxylation is 2. The normalized spacial score (nSPS) is 18.3. The van der Waals surface area contributed by atoms with Crippen molar-refractivity contribution in [3.8, 4) is 0 Å². The molecule has 3 rings (SSSR count). The van der Waals surface area contributed by atoms with Crippen LogP contribution in [0.5, 0.6) is 0 Å². The molecule has 2 aliphatic rings. The van der Waals surface area contributed by atoms with Crippen LogP contribution in [0.25, 0.3) is 0 Å². The molecule has 1 amide bonds. The number of anilines is 1. The third kappa shape index (κ3) is 4.93. The molecule has 2 N–H and O–H groups in total. The summed E-state index contributed by atoms with van der Waals surface area (Å²) >= 11 is 0. The number of pyridine rings is 1. The molecule has 146 valence electrons. The molecule has 0 spiro atoms. The minimum absolute atomic E-state index is 0.143. The van der Waals surface area contributed by atoms with E-state index in [0.29, 0.717) is 11.6 Å². The quantitative estimate of drug-likeness (QED) is 0.628. The highest BCUT2D eigenvalue weighted by molar-refractivity contribution is 6.07. The Kier molecular flexibility index (Phi) is 6.24. The molecule has 6 heteroatoms. The van der Waals surface area contributed by atoms with Crippen molar-refractivity contribution in [3.05, 3.63) is 22.9 Å². The van der Waals surface area contributed by atoms with Crippen LogP contribution in [0.1, 0.15) is 73.5 Å². The first-order valence-electron chi connectivity index (χ1n) is 10.1. The number of piperidine rings is 1. The van der Waals surface area contributed by atoms with Gasteiger partial charge in [0.1, 0.15) is 5.82 Å². The lowest BCUT2D eigenvalue weighted by Gasteiger charge is -2.31. The van der Waals surface area contributed by atoms with Crippen LogP contribution in [0.3, 0.4) is 0 Å². The van der Waals surface area contributed by atoms with E-state index in [2.05, 4.69) is 10.2 Å². The Morgan fingerprint density at radius 1 is 1.22 bits per heavy atom. The second kappa shape index (κ2) is 8.63. The highest BCUT2D eigenvalue weighted by Gasteiger charge is 2.24. The zero-order chi connectivity index (χ0) is 19.4. The van der Waals surface area contributed by atoms with Crippen LogP contribution in [-0.4, -0.2) is 41.6 Å². The maximum Gasteiger partial charge on any atom is 0.260 e. The van der Waals surface area contributed by atoms with Crippen molar-refractivity contribution >= 4 is 23.3 Å². The smallest absolute Gasteiger partial charge is 0.260 e. The Balaban J connectivity index is 1.75. The van der Waals surface area contributed by atoms with E-state index in [9.17, 15) is 4.79 Å². The van der Waals surface area contributed by atoms with Gasteiger partial charge in [0.25, 0.3) is 5.91 Å². The fraction of sp³-hybridized carbons (Fsp3) is 0.619. The van der Waals surface area contributed by atoms with Gasteiger partial charge in [0.15, 0.2) is 0 Å². The summed E-state index contributed by atoms with van der Waals surface area (Å²) in [5.41, 5.74) is 3.80. The number of aromatic nitrogens is 1. The number of nitrogens with zero attached hydrogens (tertiary/aromatic N) is 3. The molecule has 1 aromatic rings. The Morgan fingerprint density at radius 3 is 2.52 bits per heavy atom. The van der Waals surface area contributed by atoms with Crippen LogP contribution in [0, 0.1) is 19.3 Å². The molecule has 27 heavy (non-hydrogen) atoms. The molecular weight excluding hydrogens is 338 g/mol. The van der Waals surface area contributed by atoms with Crippen LogP contribution in [0.4, 0.5) is 5.82 Å².